The molecule has 0 aromatic carbocycles. The summed E-state index contributed by atoms with van der Waals surface area (Å²) in [5.74, 6) is 5.88. The van der Waals surface area contributed by atoms with E-state index in [1.54, 1.807) is 0 Å². The number of fused-ring (bicyclic) bond motifs is 5. The lowest BCUT2D eigenvalue weighted by atomic mass is 9.50. The Morgan fingerprint density at radius 2 is 1.65 bits per heavy atom. The maximum absolute atomic E-state index is 9.97. The van der Waals surface area contributed by atoms with E-state index in [1.165, 1.54) is 44.9 Å². The van der Waals surface area contributed by atoms with Crippen LogP contribution in [0, 0.1) is 40.9 Å². The van der Waals surface area contributed by atoms with Gasteiger partial charge in [0.05, 0.1) is 6.10 Å². The standard InChI is InChI=1S/C19H32O/c1-12-3-8-18-17-6-4-13-11-14(20)5-7-15(13)16(17)9-10-19(12,18)2/h12-18,20H,3-11H2,1-2H3/t12?,13?,14?,15?,16?,17?,18?,19-/m1/s1. The van der Waals surface area contributed by atoms with E-state index in [1.807, 2.05) is 0 Å². The van der Waals surface area contributed by atoms with Gasteiger partial charge >= 0.3 is 0 Å². The second-order valence-electron chi connectivity index (χ2n) is 8.93. The van der Waals surface area contributed by atoms with E-state index in [0.29, 0.717) is 5.41 Å². The summed E-state index contributed by atoms with van der Waals surface area (Å²) in [5, 5.41) is 9.97. The van der Waals surface area contributed by atoms with Crippen LogP contribution in [0.4, 0.5) is 0 Å². The Morgan fingerprint density at radius 3 is 2.50 bits per heavy atom. The first-order chi connectivity index (χ1) is 9.59. The first kappa shape index (κ1) is 13.6. The highest BCUT2D eigenvalue weighted by Gasteiger charge is 2.55. The first-order valence-corrected chi connectivity index (χ1v) is 9.27. The van der Waals surface area contributed by atoms with Crippen molar-refractivity contribution in [2.45, 2.75) is 77.7 Å². The van der Waals surface area contributed by atoms with E-state index in [9.17, 15) is 5.11 Å². The Balaban J connectivity index is 1.57. The van der Waals surface area contributed by atoms with Crippen LogP contribution in [0.1, 0.15) is 71.6 Å². The molecule has 0 radical (unpaired) electrons. The van der Waals surface area contributed by atoms with Crippen LogP contribution in [0.2, 0.25) is 0 Å². The molecule has 1 heteroatoms. The van der Waals surface area contributed by atoms with Gasteiger partial charge in [-0.25, -0.2) is 0 Å². The molecule has 1 N–H and O–H groups in total. The van der Waals surface area contributed by atoms with Gasteiger partial charge in [-0.2, -0.15) is 0 Å². The third kappa shape index (κ3) is 1.84. The molecule has 0 heterocycles. The topological polar surface area (TPSA) is 20.2 Å². The highest BCUT2D eigenvalue weighted by atomic mass is 16.3. The Morgan fingerprint density at radius 1 is 0.850 bits per heavy atom. The summed E-state index contributed by atoms with van der Waals surface area (Å²) in [5.41, 5.74) is 0.669. The van der Waals surface area contributed by atoms with E-state index in [0.717, 1.165) is 48.3 Å². The molecule has 0 aromatic rings. The summed E-state index contributed by atoms with van der Waals surface area (Å²) in [6.07, 6.45) is 12.4. The number of rotatable bonds is 0. The van der Waals surface area contributed by atoms with Gasteiger partial charge in [0, 0.05) is 0 Å². The Bertz CT molecular complexity index is 378. The Kier molecular flexibility index (Phi) is 3.22. The van der Waals surface area contributed by atoms with Crippen molar-refractivity contribution in [1.29, 1.82) is 0 Å². The molecule has 114 valence electrons. The normalized spacial score (nSPS) is 58.6. The number of hydrogen-bond acceptors (Lipinski definition) is 1. The van der Waals surface area contributed by atoms with Crippen LogP contribution < -0.4 is 0 Å². The molecule has 4 saturated carbocycles. The lowest BCUT2D eigenvalue weighted by molar-refractivity contribution is -0.0755. The van der Waals surface area contributed by atoms with Gasteiger partial charge in [0.2, 0.25) is 0 Å². The van der Waals surface area contributed by atoms with Gasteiger partial charge in [0.25, 0.3) is 0 Å². The van der Waals surface area contributed by atoms with Crippen molar-refractivity contribution >= 4 is 0 Å². The van der Waals surface area contributed by atoms with E-state index < -0.39 is 0 Å². The predicted molar refractivity (Wildman–Crippen MR) is 82.3 cm³/mol. The minimum atomic E-state index is 0.0214. The second-order valence-corrected chi connectivity index (χ2v) is 8.93. The minimum Gasteiger partial charge on any atom is -0.393 e. The van der Waals surface area contributed by atoms with Gasteiger partial charge in [-0.05, 0) is 98.7 Å². The fourth-order valence-corrected chi connectivity index (χ4v) is 7.09. The lowest BCUT2D eigenvalue weighted by Gasteiger charge is -2.56. The number of hydrogen-bond donors (Lipinski definition) is 1. The van der Waals surface area contributed by atoms with Gasteiger partial charge < -0.3 is 5.11 Å². The quantitative estimate of drug-likeness (QED) is 0.683. The first-order valence-electron chi connectivity index (χ1n) is 9.27. The van der Waals surface area contributed by atoms with Crippen LogP contribution >= 0.6 is 0 Å². The molecule has 1 nitrogen and oxygen atoms in total. The van der Waals surface area contributed by atoms with Gasteiger partial charge in [-0.3, -0.25) is 0 Å². The van der Waals surface area contributed by atoms with E-state index >= 15 is 0 Å². The second kappa shape index (κ2) is 4.73. The minimum absolute atomic E-state index is 0.0214. The van der Waals surface area contributed by atoms with Gasteiger partial charge in [0.1, 0.15) is 0 Å². The molecule has 4 aliphatic carbocycles. The molecular formula is C19H32O. The van der Waals surface area contributed by atoms with E-state index in [2.05, 4.69) is 13.8 Å². The molecule has 0 saturated heterocycles. The molecule has 4 fully saturated rings. The Labute approximate surface area is 124 Å². The summed E-state index contributed by atoms with van der Waals surface area (Å²) < 4.78 is 0. The monoisotopic (exact) mass is 276 g/mol. The maximum atomic E-state index is 9.97. The number of aliphatic hydroxyl groups excluding tert-OH is 1. The molecule has 8 atom stereocenters. The van der Waals surface area contributed by atoms with Crippen LogP contribution in [0.3, 0.4) is 0 Å². The van der Waals surface area contributed by atoms with Gasteiger partial charge in [-0.1, -0.05) is 13.8 Å². The fourth-order valence-electron chi connectivity index (χ4n) is 7.09. The predicted octanol–water partition coefficient (Wildman–Crippen LogP) is 4.64. The van der Waals surface area contributed by atoms with Crippen molar-refractivity contribution in [2.24, 2.45) is 40.9 Å². The van der Waals surface area contributed by atoms with Crippen LogP contribution in [-0.4, -0.2) is 11.2 Å². The highest BCUT2D eigenvalue weighted by molar-refractivity contribution is 5.05. The van der Waals surface area contributed by atoms with Crippen LogP contribution in [0.15, 0.2) is 0 Å². The zero-order chi connectivity index (χ0) is 13.9. The van der Waals surface area contributed by atoms with Crippen molar-refractivity contribution in [2.75, 3.05) is 0 Å². The van der Waals surface area contributed by atoms with Gasteiger partial charge in [-0.15, -0.1) is 0 Å². The Hall–Kier alpha value is -0.0400. The molecule has 4 aliphatic rings. The average molecular weight is 276 g/mol. The zero-order valence-electron chi connectivity index (χ0n) is 13.4. The summed E-state index contributed by atoms with van der Waals surface area (Å²) in [6, 6.07) is 0. The molecule has 0 amide bonds. The maximum Gasteiger partial charge on any atom is 0.0543 e. The third-order valence-corrected chi connectivity index (χ3v) is 8.40. The van der Waals surface area contributed by atoms with Crippen molar-refractivity contribution in [3.8, 4) is 0 Å². The molecule has 4 rings (SSSR count). The largest absolute Gasteiger partial charge is 0.393 e. The van der Waals surface area contributed by atoms with Crippen molar-refractivity contribution in [3.05, 3.63) is 0 Å². The zero-order valence-corrected chi connectivity index (χ0v) is 13.4. The van der Waals surface area contributed by atoms with Gasteiger partial charge in [0.15, 0.2) is 0 Å². The highest BCUT2D eigenvalue weighted by Crippen LogP contribution is 2.63. The van der Waals surface area contributed by atoms with Crippen molar-refractivity contribution in [1.82, 2.24) is 0 Å². The molecule has 7 unspecified atom stereocenters. The van der Waals surface area contributed by atoms with Crippen LogP contribution in [0.25, 0.3) is 0 Å². The average Bonchev–Trinajstić information content (AvgIpc) is 2.74. The summed E-state index contributed by atoms with van der Waals surface area (Å²) in [4.78, 5) is 0. The molecular weight excluding hydrogens is 244 g/mol. The SMILES string of the molecule is CC1CCC2C3CCC4CC(O)CCC4C3CC[C@]12C. The van der Waals surface area contributed by atoms with E-state index in [4.69, 9.17) is 0 Å². The molecule has 0 aliphatic heterocycles. The summed E-state index contributed by atoms with van der Waals surface area (Å²) >= 11 is 0. The van der Waals surface area contributed by atoms with Crippen LogP contribution in [0.5, 0.6) is 0 Å². The van der Waals surface area contributed by atoms with E-state index in [-0.39, 0.29) is 6.10 Å². The smallest absolute Gasteiger partial charge is 0.0543 e. The summed E-state index contributed by atoms with van der Waals surface area (Å²) in [6.45, 7) is 5.13. The third-order valence-electron chi connectivity index (χ3n) is 8.40. The molecule has 20 heavy (non-hydrogen) atoms. The summed E-state index contributed by atoms with van der Waals surface area (Å²) in [7, 11) is 0. The molecule has 0 bridgehead atoms. The fraction of sp³-hybridized carbons (Fsp3) is 1.00. The van der Waals surface area contributed by atoms with Crippen molar-refractivity contribution < 1.29 is 5.11 Å². The van der Waals surface area contributed by atoms with Crippen LogP contribution in [-0.2, 0) is 0 Å². The number of aliphatic hydroxyl groups is 1. The van der Waals surface area contributed by atoms with Crippen molar-refractivity contribution in [3.63, 3.8) is 0 Å². The molecule has 0 spiro atoms. The lowest BCUT2D eigenvalue weighted by Crippen LogP contribution is -2.48. The molecule has 0 aromatic heterocycles.